The summed E-state index contributed by atoms with van der Waals surface area (Å²) in [5.41, 5.74) is 2.24. The third-order valence-corrected chi connectivity index (χ3v) is 5.45. The quantitative estimate of drug-likeness (QED) is 0.409. The lowest BCUT2D eigenvalue weighted by Gasteiger charge is -2.23. The Labute approximate surface area is 182 Å². The first-order valence-electron chi connectivity index (χ1n) is 10.8. The molecule has 2 N–H and O–H groups in total. The van der Waals surface area contributed by atoms with Gasteiger partial charge < -0.3 is 19.9 Å². The molecular formula is C26H27NO4. The van der Waals surface area contributed by atoms with Gasteiger partial charge in [0.15, 0.2) is 0 Å². The van der Waals surface area contributed by atoms with Gasteiger partial charge in [-0.25, -0.2) is 4.79 Å². The minimum atomic E-state index is -0.395. The Morgan fingerprint density at radius 3 is 2.48 bits per heavy atom. The van der Waals surface area contributed by atoms with Crippen LogP contribution in [-0.2, 0) is 0 Å². The molecule has 0 radical (unpaired) electrons. The van der Waals surface area contributed by atoms with Crippen LogP contribution in [0, 0.1) is 0 Å². The zero-order valence-electron chi connectivity index (χ0n) is 17.4. The maximum absolute atomic E-state index is 12.2. The van der Waals surface area contributed by atoms with Gasteiger partial charge in [-0.3, -0.25) is 0 Å². The fourth-order valence-electron chi connectivity index (χ4n) is 3.78. The number of nitrogens with one attached hydrogen (secondary N) is 1. The van der Waals surface area contributed by atoms with Crippen molar-refractivity contribution in [1.29, 1.82) is 0 Å². The second kappa shape index (κ2) is 10.1. The van der Waals surface area contributed by atoms with Crippen LogP contribution in [0.5, 0.6) is 17.2 Å². The Morgan fingerprint density at radius 1 is 0.935 bits per heavy atom. The minimum absolute atomic E-state index is 0.155. The van der Waals surface area contributed by atoms with Gasteiger partial charge in [-0.05, 0) is 73.3 Å². The van der Waals surface area contributed by atoms with Gasteiger partial charge in [0.2, 0.25) is 0 Å². The molecule has 0 saturated carbocycles. The number of carbonyl (C=O) groups is 1. The highest BCUT2D eigenvalue weighted by Crippen LogP contribution is 2.30. The lowest BCUT2D eigenvalue weighted by atomic mass is 10.0. The summed E-state index contributed by atoms with van der Waals surface area (Å²) in [6.45, 7) is 1.69. The van der Waals surface area contributed by atoms with Crippen molar-refractivity contribution in [2.45, 2.75) is 31.7 Å². The summed E-state index contributed by atoms with van der Waals surface area (Å²) in [5.74, 6) is 0.872. The number of benzene rings is 3. The number of esters is 1. The number of carbonyl (C=O) groups excluding carboxylic acids is 1. The maximum Gasteiger partial charge on any atom is 0.343 e. The smallest absolute Gasteiger partial charge is 0.343 e. The molecule has 3 aromatic carbocycles. The van der Waals surface area contributed by atoms with Gasteiger partial charge in [-0.1, -0.05) is 36.8 Å². The predicted molar refractivity (Wildman–Crippen MR) is 121 cm³/mol. The van der Waals surface area contributed by atoms with Crippen LogP contribution < -0.4 is 14.8 Å². The molecule has 1 aliphatic rings. The molecule has 5 heteroatoms. The molecule has 0 aliphatic carbocycles. The van der Waals surface area contributed by atoms with Gasteiger partial charge in [0.25, 0.3) is 0 Å². The van der Waals surface area contributed by atoms with Crippen LogP contribution in [0.25, 0.3) is 11.1 Å². The van der Waals surface area contributed by atoms with E-state index < -0.39 is 5.97 Å². The molecule has 3 aromatic rings. The van der Waals surface area contributed by atoms with Crippen LogP contribution in [0.1, 0.15) is 36.0 Å². The number of ether oxygens (including phenoxy) is 2. The number of phenolic OH excluding ortho intramolecular Hbond substituents is 1. The Hall–Kier alpha value is -3.31. The highest BCUT2D eigenvalue weighted by Gasteiger charge is 2.13. The SMILES string of the molecule is O=C(Oc1ccc(-c2cc(O)cc(OCCC3CCCCN3)c2)cc1)c1ccccc1. The van der Waals surface area contributed by atoms with Gasteiger partial charge >= 0.3 is 5.97 Å². The molecule has 160 valence electrons. The fraction of sp³-hybridized carbons (Fsp3) is 0.269. The standard InChI is InChI=1S/C26H27NO4/c28-23-16-21(17-25(18-23)30-15-13-22-8-4-5-14-27-22)19-9-11-24(12-10-19)31-26(29)20-6-2-1-3-7-20/h1-3,6-7,9-12,16-18,22,27-28H,4-5,8,13-15H2. The highest BCUT2D eigenvalue weighted by molar-refractivity contribution is 5.91. The summed E-state index contributed by atoms with van der Waals surface area (Å²) in [7, 11) is 0. The van der Waals surface area contributed by atoms with Gasteiger partial charge in [-0.15, -0.1) is 0 Å². The molecule has 0 spiro atoms. The van der Waals surface area contributed by atoms with E-state index in [-0.39, 0.29) is 5.75 Å². The monoisotopic (exact) mass is 417 g/mol. The van der Waals surface area contributed by atoms with Crippen molar-refractivity contribution in [1.82, 2.24) is 5.32 Å². The number of piperidine rings is 1. The molecular weight excluding hydrogens is 390 g/mol. The topological polar surface area (TPSA) is 67.8 Å². The van der Waals surface area contributed by atoms with Crippen LogP contribution in [0.15, 0.2) is 72.8 Å². The Kier molecular flexibility index (Phi) is 6.85. The number of hydrogen-bond acceptors (Lipinski definition) is 5. The van der Waals surface area contributed by atoms with E-state index in [0.717, 1.165) is 24.1 Å². The van der Waals surface area contributed by atoms with Crippen molar-refractivity contribution in [2.75, 3.05) is 13.2 Å². The van der Waals surface area contributed by atoms with Crippen molar-refractivity contribution in [3.8, 4) is 28.4 Å². The predicted octanol–water partition coefficient (Wildman–Crippen LogP) is 5.19. The summed E-state index contributed by atoms with van der Waals surface area (Å²) in [6, 6.07) is 21.8. The van der Waals surface area contributed by atoms with E-state index in [1.807, 2.05) is 24.3 Å². The first-order chi connectivity index (χ1) is 15.2. The second-order valence-corrected chi connectivity index (χ2v) is 7.78. The summed E-state index contributed by atoms with van der Waals surface area (Å²) in [5, 5.41) is 13.7. The molecule has 0 aromatic heterocycles. The summed E-state index contributed by atoms with van der Waals surface area (Å²) >= 11 is 0. The Morgan fingerprint density at radius 2 is 1.74 bits per heavy atom. The van der Waals surface area contributed by atoms with Crippen molar-refractivity contribution >= 4 is 5.97 Å². The van der Waals surface area contributed by atoms with E-state index in [2.05, 4.69) is 5.32 Å². The van der Waals surface area contributed by atoms with Crippen LogP contribution in [-0.4, -0.2) is 30.3 Å². The maximum atomic E-state index is 12.2. The van der Waals surface area contributed by atoms with E-state index in [1.54, 1.807) is 48.5 Å². The van der Waals surface area contributed by atoms with Crippen LogP contribution in [0.4, 0.5) is 0 Å². The third kappa shape index (κ3) is 5.86. The van der Waals surface area contributed by atoms with E-state index in [4.69, 9.17) is 9.47 Å². The fourth-order valence-corrected chi connectivity index (χ4v) is 3.78. The van der Waals surface area contributed by atoms with Crippen molar-refractivity contribution in [2.24, 2.45) is 0 Å². The largest absolute Gasteiger partial charge is 0.508 e. The van der Waals surface area contributed by atoms with Gasteiger partial charge in [-0.2, -0.15) is 0 Å². The van der Waals surface area contributed by atoms with Crippen LogP contribution >= 0.6 is 0 Å². The molecule has 0 bridgehead atoms. The van der Waals surface area contributed by atoms with Gasteiger partial charge in [0, 0.05) is 12.1 Å². The zero-order valence-corrected chi connectivity index (χ0v) is 17.4. The average molecular weight is 418 g/mol. The number of hydrogen-bond donors (Lipinski definition) is 2. The normalized spacial score (nSPS) is 15.9. The molecule has 1 aliphatic heterocycles. The minimum Gasteiger partial charge on any atom is -0.508 e. The first kappa shape index (κ1) is 20.9. The second-order valence-electron chi connectivity index (χ2n) is 7.78. The van der Waals surface area contributed by atoms with E-state index in [0.29, 0.717) is 29.7 Å². The molecule has 1 atom stereocenters. The van der Waals surface area contributed by atoms with Gasteiger partial charge in [0.1, 0.15) is 17.2 Å². The van der Waals surface area contributed by atoms with Crippen LogP contribution in [0.2, 0.25) is 0 Å². The molecule has 31 heavy (non-hydrogen) atoms. The Balaban J connectivity index is 1.38. The van der Waals surface area contributed by atoms with Gasteiger partial charge in [0.05, 0.1) is 12.2 Å². The first-order valence-corrected chi connectivity index (χ1v) is 10.8. The molecule has 1 saturated heterocycles. The van der Waals surface area contributed by atoms with Crippen LogP contribution in [0.3, 0.4) is 0 Å². The molecule has 1 unspecified atom stereocenters. The molecule has 5 nitrogen and oxygen atoms in total. The van der Waals surface area contributed by atoms with Crippen molar-refractivity contribution in [3.63, 3.8) is 0 Å². The lowest BCUT2D eigenvalue weighted by molar-refractivity contribution is 0.0735. The van der Waals surface area contributed by atoms with E-state index in [9.17, 15) is 9.90 Å². The number of phenols is 1. The molecule has 1 heterocycles. The average Bonchev–Trinajstić information content (AvgIpc) is 2.80. The highest BCUT2D eigenvalue weighted by atomic mass is 16.5. The third-order valence-electron chi connectivity index (χ3n) is 5.45. The number of rotatable bonds is 7. The summed E-state index contributed by atoms with van der Waals surface area (Å²) in [6.07, 6.45) is 4.66. The molecule has 4 rings (SSSR count). The molecule has 1 fully saturated rings. The van der Waals surface area contributed by atoms with Crippen molar-refractivity contribution < 1.29 is 19.4 Å². The Bertz CT molecular complexity index is 996. The lowest BCUT2D eigenvalue weighted by Crippen LogP contribution is -2.35. The zero-order chi connectivity index (χ0) is 21.5. The summed E-state index contributed by atoms with van der Waals surface area (Å²) < 4.78 is 11.3. The van der Waals surface area contributed by atoms with Crippen molar-refractivity contribution in [3.05, 3.63) is 78.4 Å². The molecule has 0 amide bonds. The number of aromatic hydroxyl groups is 1. The van der Waals surface area contributed by atoms with E-state index in [1.165, 1.54) is 19.3 Å². The summed E-state index contributed by atoms with van der Waals surface area (Å²) in [4.78, 5) is 12.2. The van der Waals surface area contributed by atoms with E-state index >= 15 is 0 Å².